The van der Waals surface area contributed by atoms with Gasteiger partial charge in [0.05, 0.1) is 18.1 Å². The molecule has 4 N–H and O–H groups in total. The van der Waals surface area contributed by atoms with E-state index in [9.17, 15) is 20.1 Å². The van der Waals surface area contributed by atoms with Gasteiger partial charge in [0, 0.05) is 11.5 Å². The molecule has 2 saturated heterocycles. The summed E-state index contributed by atoms with van der Waals surface area (Å²) in [5, 5.41) is 37.4. The van der Waals surface area contributed by atoms with E-state index in [1.54, 1.807) is 13.2 Å². The van der Waals surface area contributed by atoms with Gasteiger partial charge in [0.1, 0.15) is 29.9 Å². The maximum absolute atomic E-state index is 13.0. The maximum atomic E-state index is 13.0. The van der Waals surface area contributed by atoms with Gasteiger partial charge in [-0.3, -0.25) is 9.69 Å². The second kappa shape index (κ2) is 10.8. The van der Waals surface area contributed by atoms with Gasteiger partial charge in [-0.25, -0.2) is 0 Å². The van der Waals surface area contributed by atoms with Crippen LogP contribution in [0.15, 0.2) is 5.11 Å². The monoisotopic (exact) mass is 431 g/mol. The summed E-state index contributed by atoms with van der Waals surface area (Å²) in [6, 6.07) is -1.91. The summed E-state index contributed by atoms with van der Waals surface area (Å²) in [6.45, 7) is 4.57. The molecule has 0 aliphatic carbocycles. The molecular weight excluding hydrogens is 398 g/mol. The number of hydrogen-bond acceptors (Lipinski definition) is 8. The summed E-state index contributed by atoms with van der Waals surface area (Å²) in [7, 11) is 1.90. The molecule has 2 aliphatic heterocycles. The molecule has 0 aromatic carbocycles. The van der Waals surface area contributed by atoms with E-state index < -0.39 is 41.9 Å². The summed E-state index contributed by atoms with van der Waals surface area (Å²) >= 11 is 1.19. The lowest BCUT2D eigenvalue weighted by atomic mass is 9.91. The zero-order valence-corrected chi connectivity index (χ0v) is 18.2. The average molecular weight is 432 g/mol. The number of likely N-dealkylation sites (tertiary alicyclic amines) is 1. The number of ether oxygens (including phenoxy) is 1. The number of carbonyl (C=O) groups excluding carboxylic acids is 1. The third kappa shape index (κ3) is 5.55. The van der Waals surface area contributed by atoms with Crippen LogP contribution in [0.3, 0.4) is 0 Å². The molecule has 166 valence electrons. The summed E-state index contributed by atoms with van der Waals surface area (Å²) in [5.74, 6) is 0.219. The third-order valence-corrected chi connectivity index (χ3v) is 6.74. The number of likely N-dealkylation sites (N-methyl/N-ethyl adjacent to an activating group) is 1. The topological polar surface area (TPSA) is 151 Å². The zero-order chi connectivity index (χ0) is 21.7. The zero-order valence-electron chi connectivity index (χ0n) is 17.4. The molecule has 2 aliphatic rings. The Hall–Kier alpha value is -1.07. The first-order valence-corrected chi connectivity index (χ1v) is 11.3. The highest BCUT2D eigenvalue weighted by molar-refractivity contribution is 7.99. The van der Waals surface area contributed by atoms with Crippen molar-refractivity contribution in [3.8, 4) is 0 Å². The number of azide groups is 1. The van der Waals surface area contributed by atoms with Crippen molar-refractivity contribution in [2.75, 3.05) is 19.8 Å². The van der Waals surface area contributed by atoms with Gasteiger partial charge < -0.3 is 25.4 Å². The summed E-state index contributed by atoms with van der Waals surface area (Å²) < 4.78 is 5.80. The lowest BCUT2D eigenvalue weighted by molar-refractivity contribution is -0.206. The van der Waals surface area contributed by atoms with E-state index in [0.717, 1.165) is 25.8 Å². The van der Waals surface area contributed by atoms with E-state index in [0.29, 0.717) is 5.92 Å². The Labute approximate surface area is 175 Å². The van der Waals surface area contributed by atoms with Crippen molar-refractivity contribution in [3.63, 3.8) is 0 Å². The minimum absolute atomic E-state index is 0.229. The minimum Gasteiger partial charge on any atom is -0.388 e. The molecule has 0 bridgehead atoms. The molecule has 2 fully saturated rings. The highest BCUT2D eigenvalue weighted by Gasteiger charge is 2.48. The van der Waals surface area contributed by atoms with Crippen LogP contribution in [0, 0.1) is 5.92 Å². The number of nitrogens with one attached hydrogen (secondary N) is 1. The van der Waals surface area contributed by atoms with E-state index in [1.807, 2.05) is 11.9 Å². The summed E-state index contributed by atoms with van der Waals surface area (Å²) in [4.78, 5) is 17.9. The van der Waals surface area contributed by atoms with Crippen LogP contribution in [0.2, 0.25) is 0 Å². The normalized spacial score (nSPS) is 37.6. The van der Waals surface area contributed by atoms with Gasteiger partial charge in [-0.05, 0) is 37.6 Å². The fourth-order valence-corrected chi connectivity index (χ4v) is 4.96. The molecule has 0 spiro atoms. The first-order chi connectivity index (χ1) is 13.7. The molecule has 1 unspecified atom stereocenters. The van der Waals surface area contributed by atoms with E-state index in [-0.39, 0.29) is 11.9 Å². The van der Waals surface area contributed by atoms with Crippen LogP contribution in [0.5, 0.6) is 0 Å². The maximum Gasteiger partial charge on any atom is 0.237 e. The van der Waals surface area contributed by atoms with Crippen molar-refractivity contribution in [1.82, 2.24) is 10.2 Å². The van der Waals surface area contributed by atoms with Crippen molar-refractivity contribution in [2.24, 2.45) is 11.0 Å². The van der Waals surface area contributed by atoms with E-state index in [1.165, 1.54) is 11.8 Å². The molecular formula is C18H33N5O5S. The molecule has 29 heavy (non-hydrogen) atoms. The first-order valence-electron chi connectivity index (χ1n) is 10.0. The molecule has 11 heteroatoms. The summed E-state index contributed by atoms with van der Waals surface area (Å²) in [6.07, 6.45) is -0.621. The van der Waals surface area contributed by atoms with E-state index in [2.05, 4.69) is 22.3 Å². The van der Waals surface area contributed by atoms with Gasteiger partial charge in [0.2, 0.25) is 5.91 Å². The van der Waals surface area contributed by atoms with Crippen molar-refractivity contribution >= 4 is 17.7 Å². The Bertz CT molecular complexity index is 605. The van der Waals surface area contributed by atoms with Gasteiger partial charge in [-0.2, -0.15) is 0 Å². The summed E-state index contributed by atoms with van der Waals surface area (Å²) in [5.41, 5.74) is 8.09. The SMILES string of the molecule is CCC[C@@H]1C[C@@H](C(=O)N[C@H](C(C)N=[N+]=[N-])[C@H]2O[C@H](SC)[C@H](O)[C@@H](O)[C@H]2O)N(C)C1. The Morgan fingerprint density at radius 1 is 1.38 bits per heavy atom. The molecule has 2 rings (SSSR count). The number of thioether (sulfide) groups is 1. The second-order valence-electron chi connectivity index (χ2n) is 8.00. The smallest absolute Gasteiger partial charge is 0.237 e. The van der Waals surface area contributed by atoms with Crippen LogP contribution in [0.1, 0.15) is 33.1 Å². The fraction of sp³-hybridized carbons (Fsp3) is 0.944. The van der Waals surface area contributed by atoms with Gasteiger partial charge in [0.15, 0.2) is 0 Å². The highest BCUT2D eigenvalue weighted by atomic mass is 32.2. The molecule has 9 atom stereocenters. The van der Waals surface area contributed by atoms with Crippen LogP contribution in [-0.4, -0.2) is 94.0 Å². The minimum atomic E-state index is -1.44. The first kappa shape index (κ1) is 24.2. The Morgan fingerprint density at radius 2 is 2.07 bits per heavy atom. The molecule has 0 aromatic rings. The number of aliphatic hydroxyl groups is 3. The number of rotatable bonds is 8. The Kier molecular flexibility index (Phi) is 9.02. The van der Waals surface area contributed by atoms with Crippen LogP contribution in [0.25, 0.3) is 10.4 Å². The van der Waals surface area contributed by atoms with Gasteiger partial charge in [-0.15, -0.1) is 11.8 Å². The predicted molar refractivity (Wildman–Crippen MR) is 110 cm³/mol. The number of carbonyl (C=O) groups is 1. The van der Waals surface area contributed by atoms with Crippen LogP contribution < -0.4 is 5.32 Å². The van der Waals surface area contributed by atoms with Crippen molar-refractivity contribution < 1.29 is 24.9 Å². The van der Waals surface area contributed by atoms with Crippen molar-refractivity contribution in [1.29, 1.82) is 0 Å². The second-order valence-corrected chi connectivity index (χ2v) is 8.94. The van der Waals surface area contributed by atoms with Crippen LogP contribution in [-0.2, 0) is 9.53 Å². The predicted octanol–water partition coefficient (Wildman–Crippen LogP) is 0.461. The molecule has 2 heterocycles. The largest absolute Gasteiger partial charge is 0.388 e. The molecule has 0 saturated carbocycles. The molecule has 1 amide bonds. The number of hydrogen-bond donors (Lipinski definition) is 4. The fourth-order valence-electron chi connectivity index (χ4n) is 4.29. The van der Waals surface area contributed by atoms with Crippen LogP contribution in [0.4, 0.5) is 0 Å². The molecule has 0 aromatic heterocycles. The number of amides is 1. The van der Waals surface area contributed by atoms with Gasteiger partial charge >= 0.3 is 0 Å². The van der Waals surface area contributed by atoms with Gasteiger partial charge in [-0.1, -0.05) is 25.4 Å². The van der Waals surface area contributed by atoms with Crippen molar-refractivity contribution in [2.45, 2.75) is 81.1 Å². The Morgan fingerprint density at radius 3 is 2.66 bits per heavy atom. The van der Waals surface area contributed by atoms with Gasteiger partial charge in [0.25, 0.3) is 0 Å². The quantitative estimate of drug-likeness (QED) is 0.248. The number of nitrogens with zero attached hydrogens (tertiary/aromatic N) is 4. The van der Waals surface area contributed by atoms with Crippen molar-refractivity contribution in [3.05, 3.63) is 10.4 Å². The Balaban J connectivity index is 2.20. The van der Waals surface area contributed by atoms with E-state index in [4.69, 9.17) is 10.3 Å². The number of aliphatic hydroxyl groups excluding tert-OH is 3. The van der Waals surface area contributed by atoms with E-state index >= 15 is 0 Å². The lowest BCUT2D eigenvalue weighted by Crippen LogP contribution is -2.65. The average Bonchev–Trinajstić information content (AvgIpc) is 3.05. The third-order valence-electron chi connectivity index (χ3n) is 5.89. The highest BCUT2D eigenvalue weighted by Crippen LogP contribution is 2.31. The standard InChI is InChI=1S/C18H33N5O5S/c1-5-6-10-7-11(23(3)8-10)17(27)20-12(9(2)21-22-19)16-14(25)13(24)15(26)18(28-16)29-4/h9-16,18,24-26H,5-8H2,1-4H3,(H,20,27)/t9?,10-,11+,12-,13+,14-,15-,16-,18-/m1/s1. The lowest BCUT2D eigenvalue weighted by Gasteiger charge is -2.44. The van der Waals surface area contributed by atoms with Crippen LogP contribution >= 0.6 is 11.8 Å². The molecule has 10 nitrogen and oxygen atoms in total. The molecule has 0 radical (unpaired) electrons.